The van der Waals surface area contributed by atoms with Crippen molar-refractivity contribution in [3.63, 3.8) is 0 Å². The van der Waals surface area contributed by atoms with Gasteiger partial charge in [-0.25, -0.2) is 9.78 Å². The predicted molar refractivity (Wildman–Crippen MR) is 88.6 cm³/mol. The number of para-hydroxylation sites is 1. The van der Waals surface area contributed by atoms with Gasteiger partial charge < -0.3 is 15.0 Å². The molecular formula is C15H20N4O2S. The second-order valence-corrected chi connectivity index (χ2v) is 5.79. The van der Waals surface area contributed by atoms with Crippen LogP contribution in [0.25, 0.3) is 0 Å². The van der Waals surface area contributed by atoms with Gasteiger partial charge in [0.05, 0.1) is 13.2 Å². The summed E-state index contributed by atoms with van der Waals surface area (Å²) in [5.74, 6) is 0.809. The molecule has 1 aromatic heterocycles. The average molecular weight is 320 g/mol. The second kappa shape index (κ2) is 7.77. The van der Waals surface area contributed by atoms with Gasteiger partial charge in [0.25, 0.3) is 0 Å². The number of methoxy groups -OCH3 is 1. The Bertz CT molecular complexity index is 601. The number of carbonyl (C=O) groups excluding carboxylic acids is 1. The molecule has 0 saturated carbocycles. The van der Waals surface area contributed by atoms with Crippen LogP contribution in [0.15, 0.2) is 35.8 Å². The van der Waals surface area contributed by atoms with Gasteiger partial charge in [-0.05, 0) is 20.2 Å². The maximum atomic E-state index is 11.9. The van der Waals surface area contributed by atoms with E-state index >= 15 is 0 Å². The fourth-order valence-electron chi connectivity index (χ4n) is 2.13. The van der Waals surface area contributed by atoms with Gasteiger partial charge >= 0.3 is 6.03 Å². The zero-order chi connectivity index (χ0) is 15.9. The van der Waals surface area contributed by atoms with Gasteiger partial charge in [0.1, 0.15) is 5.75 Å². The van der Waals surface area contributed by atoms with Crippen molar-refractivity contribution in [3.05, 3.63) is 41.4 Å². The quantitative estimate of drug-likeness (QED) is 0.858. The fraction of sp³-hybridized carbons (Fsp3) is 0.333. The maximum absolute atomic E-state index is 11.9. The van der Waals surface area contributed by atoms with Gasteiger partial charge in [-0.15, -0.1) is 11.3 Å². The highest BCUT2D eigenvalue weighted by molar-refractivity contribution is 7.13. The number of aromatic nitrogens is 1. The Kier molecular flexibility index (Phi) is 5.74. The van der Waals surface area contributed by atoms with E-state index in [1.165, 1.54) is 11.3 Å². The Morgan fingerprint density at radius 2 is 2.18 bits per heavy atom. The second-order valence-electron chi connectivity index (χ2n) is 4.89. The van der Waals surface area contributed by atoms with Crippen LogP contribution < -0.4 is 15.4 Å². The largest absolute Gasteiger partial charge is 0.496 e. The normalized spacial score (nSPS) is 12.0. The van der Waals surface area contributed by atoms with Crippen LogP contribution in [-0.4, -0.2) is 43.7 Å². The third kappa shape index (κ3) is 4.19. The molecule has 1 atom stereocenters. The minimum Gasteiger partial charge on any atom is -0.496 e. The summed E-state index contributed by atoms with van der Waals surface area (Å²) in [5.41, 5.74) is 1.03. The molecule has 0 aliphatic carbocycles. The van der Waals surface area contributed by atoms with Gasteiger partial charge in [-0.2, -0.15) is 0 Å². The molecule has 0 bridgehead atoms. The molecule has 118 valence electrons. The zero-order valence-corrected chi connectivity index (χ0v) is 13.7. The monoisotopic (exact) mass is 320 g/mol. The lowest BCUT2D eigenvalue weighted by atomic mass is 10.0. The molecule has 7 heteroatoms. The van der Waals surface area contributed by atoms with Crippen LogP contribution in [0.1, 0.15) is 11.6 Å². The van der Waals surface area contributed by atoms with Gasteiger partial charge in [-0.3, -0.25) is 5.32 Å². The molecule has 2 N–H and O–H groups in total. The van der Waals surface area contributed by atoms with E-state index in [9.17, 15) is 4.79 Å². The Morgan fingerprint density at radius 3 is 2.82 bits per heavy atom. The van der Waals surface area contributed by atoms with Crippen LogP contribution in [0.3, 0.4) is 0 Å². The summed E-state index contributed by atoms with van der Waals surface area (Å²) < 4.78 is 5.41. The van der Waals surface area contributed by atoms with Crippen LogP contribution in [0, 0.1) is 0 Å². The first kappa shape index (κ1) is 16.3. The summed E-state index contributed by atoms with van der Waals surface area (Å²) in [6.45, 7) is 0.463. The topological polar surface area (TPSA) is 66.5 Å². The minimum atomic E-state index is -0.267. The van der Waals surface area contributed by atoms with Crippen LogP contribution >= 0.6 is 11.3 Å². The fourth-order valence-corrected chi connectivity index (χ4v) is 2.65. The standard InChI is InChI=1S/C15H20N4O2S/c1-19(2)12(11-6-4-5-7-13(11)21-3)10-17-14(20)18-15-16-8-9-22-15/h4-9,12H,10H2,1-3H3,(H2,16,17,18,20). The molecular weight excluding hydrogens is 300 g/mol. The van der Waals surface area contributed by atoms with E-state index in [4.69, 9.17) is 4.74 Å². The first-order valence-electron chi connectivity index (χ1n) is 6.85. The molecule has 0 aliphatic heterocycles. The number of thiazole rings is 1. The molecule has 2 aromatic rings. The van der Waals surface area contributed by atoms with Gasteiger partial charge in [0, 0.05) is 23.7 Å². The van der Waals surface area contributed by atoms with Crippen LogP contribution in [0.4, 0.5) is 9.93 Å². The number of benzene rings is 1. The molecule has 0 spiro atoms. The summed E-state index contributed by atoms with van der Waals surface area (Å²) in [5, 5.41) is 7.97. The molecule has 6 nitrogen and oxygen atoms in total. The molecule has 2 rings (SSSR count). The summed E-state index contributed by atoms with van der Waals surface area (Å²) in [7, 11) is 5.59. The van der Waals surface area contributed by atoms with Gasteiger partial charge in [-0.1, -0.05) is 18.2 Å². The number of hydrogen-bond acceptors (Lipinski definition) is 5. The Morgan fingerprint density at radius 1 is 1.41 bits per heavy atom. The molecule has 1 aromatic carbocycles. The van der Waals surface area contributed by atoms with E-state index in [0.717, 1.165) is 11.3 Å². The summed E-state index contributed by atoms with van der Waals surface area (Å²) in [6, 6.07) is 7.56. The number of nitrogens with one attached hydrogen (secondary N) is 2. The molecule has 1 unspecified atom stereocenters. The van der Waals surface area contributed by atoms with Crippen molar-refractivity contribution in [2.45, 2.75) is 6.04 Å². The molecule has 2 amide bonds. The number of nitrogens with zero attached hydrogens (tertiary/aromatic N) is 2. The smallest absolute Gasteiger partial charge is 0.321 e. The van der Waals surface area contributed by atoms with E-state index in [1.807, 2.05) is 48.6 Å². The van der Waals surface area contributed by atoms with Crippen molar-refractivity contribution in [1.29, 1.82) is 0 Å². The highest BCUT2D eigenvalue weighted by Gasteiger charge is 2.19. The van der Waals surface area contributed by atoms with E-state index < -0.39 is 0 Å². The van der Waals surface area contributed by atoms with Crippen molar-refractivity contribution in [3.8, 4) is 5.75 Å². The Balaban J connectivity index is 2.01. The molecule has 0 aliphatic rings. The third-order valence-corrected chi connectivity index (χ3v) is 3.92. The first-order chi connectivity index (χ1) is 10.6. The van der Waals surface area contributed by atoms with Crippen molar-refractivity contribution in [1.82, 2.24) is 15.2 Å². The van der Waals surface area contributed by atoms with E-state index in [0.29, 0.717) is 11.7 Å². The lowest BCUT2D eigenvalue weighted by molar-refractivity contribution is 0.242. The lowest BCUT2D eigenvalue weighted by Crippen LogP contribution is -2.37. The molecule has 0 fully saturated rings. The molecule has 1 heterocycles. The number of amides is 2. The highest BCUT2D eigenvalue weighted by atomic mass is 32.1. The van der Waals surface area contributed by atoms with Crippen LogP contribution in [-0.2, 0) is 0 Å². The lowest BCUT2D eigenvalue weighted by Gasteiger charge is -2.26. The number of anilines is 1. The SMILES string of the molecule is COc1ccccc1C(CNC(=O)Nc1nccs1)N(C)C. The van der Waals surface area contributed by atoms with Crippen molar-refractivity contribution < 1.29 is 9.53 Å². The molecule has 22 heavy (non-hydrogen) atoms. The highest BCUT2D eigenvalue weighted by Crippen LogP contribution is 2.27. The minimum absolute atomic E-state index is 0.0122. The van der Waals surface area contributed by atoms with Crippen molar-refractivity contribution >= 4 is 22.5 Å². The summed E-state index contributed by atoms with van der Waals surface area (Å²) in [6.07, 6.45) is 1.65. The van der Waals surface area contributed by atoms with Crippen LogP contribution in [0.5, 0.6) is 5.75 Å². The number of hydrogen-bond donors (Lipinski definition) is 2. The van der Waals surface area contributed by atoms with E-state index in [1.54, 1.807) is 13.3 Å². The van der Waals surface area contributed by atoms with E-state index in [-0.39, 0.29) is 12.1 Å². The number of likely N-dealkylation sites (N-methyl/N-ethyl adjacent to an activating group) is 1. The van der Waals surface area contributed by atoms with E-state index in [2.05, 4.69) is 15.6 Å². The molecule has 0 radical (unpaired) electrons. The summed E-state index contributed by atoms with van der Waals surface area (Å²) in [4.78, 5) is 18.0. The maximum Gasteiger partial charge on any atom is 0.321 e. The van der Waals surface area contributed by atoms with Gasteiger partial charge in [0.15, 0.2) is 5.13 Å². The molecule has 0 saturated heterocycles. The number of ether oxygens (including phenoxy) is 1. The predicted octanol–water partition coefficient (Wildman–Crippen LogP) is 2.58. The Labute approximate surface area is 134 Å². The van der Waals surface area contributed by atoms with Crippen LogP contribution in [0.2, 0.25) is 0 Å². The third-order valence-electron chi connectivity index (χ3n) is 3.23. The number of carbonyl (C=O) groups is 1. The Hall–Kier alpha value is -2.12. The van der Waals surface area contributed by atoms with Crippen molar-refractivity contribution in [2.24, 2.45) is 0 Å². The summed E-state index contributed by atoms with van der Waals surface area (Å²) >= 11 is 1.38. The first-order valence-corrected chi connectivity index (χ1v) is 7.73. The zero-order valence-electron chi connectivity index (χ0n) is 12.9. The van der Waals surface area contributed by atoms with Crippen molar-refractivity contribution in [2.75, 3.05) is 33.1 Å². The average Bonchev–Trinajstić information content (AvgIpc) is 3.00. The van der Waals surface area contributed by atoms with Gasteiger partial charge in [0.2, 0.25) is 0 Å². The number of rotatable bonds is 6. The number of urea groups is 1.